The summed E-state index contributed by atoms with van der Waals surface area (Å²) in [5.74, 6) is -2.23. The van der Waals surface area contributed by atoms with Gasteiger partial charge in [-0.2, -0.15) is 0 Å². The minimum atomic E-state index is -4.95. The average Bonchev–Trinajstić information content (AvgIpc) is 2.06. The van der Waals surface area contributed by atoms with Crippen molar-refractivity contribution in [1.82, 2.24) is 0 Å². The van der Waals surface area contributed by atoms with Crippen LogP contribution < -0.4 is 4.74 Å². The maximum atomic E-state index is 13.0. The summed E-state index contributed by atoms with van der Waals surface area (Å²) >= 11 is 0. The highest BCUT2D eigenvalue weighted by Crippen LogP contribution is 2.27. The molecule has 1 radical (unpaired) electrons. The standard InChI is InChI=1S/C8H5F4O2/c9-7-5(4-13)2-1-3-6(7)14-8(10,11)12/h1-4,13H. The van der Waals surface area contributed by atoms with E-state index in [9.17, 15) is 17.6 Å². The average molecular weight is 209 g/mol. The van der Waals surface area contributed by atoms with Gasteiger partial charge in [0.15, 0.2) is 11.6 Å². The van der Waals surface area contributed by atoms with Crippen LogP contribution in [-0.4, -0.2) is 11.5 Å². The van der Waals surface area contributed by atoms with Crippen molar-refractivity contribution >= 4 is 0 Å². The van der Waals surface area contributed by atoms with Crippen molar-refractivity contribution in [1.29, 1.82) is 0 Å². The van der Waals surface area contributed by atoms with Gasteiger partial charge in [0.25, 0.3) is 0 Å². The van der Waals surface area contributed by atoms with E-state index in [1.807, 2.05) is 0 Å². The molecule has 77 valence electrons. The second kappa shape index (κ2) is 3.83. The number of ether oxygens (including phenoxy) is 1. The monoisotopic (exact) mass is 209 g/mol. The Kier molecular flexibility index (Phi) is 2.95. The normalized spacial score (nSPS) is 11.5. The summed E-state index contributed by atoms with van der Waals surface area (Å²) in [5.41, 5.74) is -0.369. The van der Waals surface area contributed by atoms with Crippen molar-refractivity contribution in [2.24, 2.45) is 0 Å². The molecular formula is C8H5F4O2. The molecule has 0 spiro atoms. The summed E-state index contributed by atoms with van der Waals surface area (Å²) in [6, 6.07) is 3.06. The van der Waals surface area contributed by atoms with Crippen LogP contribution >= 0.6 is 0 Å². The number of hydrogen-bond donors (Lipinski definition) is 1. The van der Waals surface area contributed by atoms with Crippen molar-refractivity contribution < 1.29 is 27.4 Å². The Balaban J connectivity index is 2.98. The lowest BCUT2D eigenvalue weighted by Crippen LogP contribution is -2.18. The molecule has 0 amide bonds. The minimum absolute atomic E-state index is 0.360. The Morgan fingerprint density at radius 1 is 1.29 bits per heavy atom. The van der Waals surface area contributed by atoms with Crippen molar-refractivity contribution in [3.05, 3.63) is 36.2 Å². The number of hydrogen-bond acceptors (Lipinski definition) is 2. The third kappa shape index (κ3) is 2.59. The summed E-state index contributed by atoms with van der Waals surface area (Å²) in [5, 5.41) is 8.44. The predicted molar refractivity (Wildman–Crippen MR) is 38.4 cm³/mol. The number of aliphatic hydroxyl groups excluding tert-OH is 1. The highest BCUT2D eigenvalue weighted by atomic mass is 19.4. The molecule has 0 aromatic heterocycles. The maximum absolute atomic E-state index is 13.0. The molecule has 0 heterocycles. The van der Waals surface area contributed by atoms with Crippen LogP contribution in [0.2, 0.25) is 0 Å². The summed E-state index contributed by atoms with van der Waals surface area (Å²) in [6.45, 7) is 0.360. The molecule has 0 fully saturated rings. The molecule has 0 atom stereocenters. The second-order valence-corrected chi connectivity index (χ2v) is 2.34. The smallest absolute Gasteiger partial charge is 0.403 e. The van der Waals surface area contributed by atoms with Gasteiger partial charge in [-0.3, -0.25) is 0 Å². The first-order valence-electron chi connectivity index (χ1n) is 3.46. The molecular weight excluding hydrogens is 204 g/mol. The van der Waals surface area contributed by atoms with E-state index < -0.39 is 17.9 Å². The Morgan fingerprint density at radius 2 is 1.93 bits per heavy atom. The maximum Gasteiger partial charge on any atom is 0.573 e. The lowest BCUT2D eigenvalue weighted by Gasteiger charge is -2.10. The van der Waals surface area contributed by atoms with Crippen molar-refractivity contribution in [2.75, 3.05) is 0 Å². The van der Waals surface area contributed by atoms with Gasteiger partial charge in [-0.05, 0) is 6.07 Å². The molecule has 1 aromatic rings. The topological polar surface area (TPSA) is 29.5 Å². The molecule has 0 unspecified atom stereocenters. The first kappa shape index (κ1) is 10.8. The third-order valence-corrected chi connectivity index (χ3v) is 1.36. The summed E-state index contributed by atoms with van der Waals surface area (Å²) in [7, 11) is 0. The predicted octanol–water partition coefficient (Wildman–Crippen LogP) is 2.61. The Morgan fingerprint density at radius 3 is 2.43 bits per heavy atom. The molecule has 1 aromatic carbocycles. The van der Waals surface area contributed by atoms with E-state index in [4.69, 9.17) is 5.11 Å². The van der Waals surface area contributed by atoms with Crippen LogP contribution in [0.3, 0.4) is 0 Å². The first-order valence-corrected chi connectivity index (χ1v) is 3.46. The van der Waals surface area contributed by atoms with E-state index in [1.54, 1.807) is 0 Å². The number of alkyl halides is 3. The van der Waals surface area contributed by atoms with E-state index in [2.05, 4.69) is 4.74 Å². The van der Waals surface area contributed by atoms with Crippen molar-refractivity contribution in [3.8, 4) is 5.75 Å². The molecule has 6 heteroatoms. The zero-order chi connectivity index (χ0) is 10.8. The molecule has 2 nitrogen and oxygen atoms in total. The fraction of sp³-hybridized carbons (Fsp3) is 0.125. The van der Waals surface area contributed by atoms with Crippen LogP contribution in [0.5, 0.6) is 5.75 Å². The molecule has 0 aliphatic rings. The zero-order valence-electron chi connectivity index (χ0n) is 6.68. The Labute approximate surface area is 76.7 Å². The quantitative estimate of drug-likeness (QED) is 0.758. The van der Waals surface area contributed by atoms with E-state index in [1.165, 1.54) is 0 Å². The zero-order valence-corrected chi connectivity index (χ0v) is 6.68. The van der Waals surface area contributed by atoms with Crippen molar-refractivity contribution in [3.63, 3.8) is 0 Å². The second-order valence-electron chi connectivity index (χ2n) is 2.34. The van der Waals surface area contributed by atoms with E-state index in [0.29, 0.717) is 6.61 Å². The summed E-state index contributed by atoms with van der Waals surface area (Å²) in [4.78, 5) is 0. The fourth-order valence-electron chi connectivity index (χ4n) is 0.831. The molecule has 0 saturated heterocycles. The number of aliphatic hydroxyl groups is 1. The van der Waals surface area contributed by atoms with Crippen LogP contribution in [0.25, 0.3) is 0 Å². The highest BCUT2D eigenvalue weighted by Gasteiger charge is 2.32. The minimum Gasteiger partial charge on any atom is -0.403 e. The summed E-state index contributed by atoms with van der Waals surface area (Å²) in [6.07, 6.45) is -4.95. The van der Waals surface area contributed by atoms with Crippen LogP contribution in [-0.2, 0) is 0 Å². The van der Waals surface area contributed by atoms with Crippen LogP contribution in [0, 0.1) is 12.4 Å². The highest BCUT2D eigenvalue weighted by molar-refractivity contribution is 5.33. The van der Waals surface area contributed by atoms with E-state index >= 15 is 0 Å². The van der Waals surface area contributed by atoms with Gasteiger partial charge in [0.05, 0.1) is 0 Å². The van der Waals surface area contributed by atoms with Gasteiger partial charge in [0.1, 0.15) is 6.61 Å². The van der Waals surface area contributed by atoms with E-state index in [-0.39, 0.29) is 5.56 Å². The first-order chi connectivity index (χ1) is 6.44. The lowest BCUT2D eigenvalue weighted by atomic mass is 10.2. The number of halogens is 4. The van der Waals surface area contributed by atoms with Crippen LogP contribution in [0.4, 0.5) is 17.6 Å². The molecule has 1 rings (SSSR count). The van der Waals surface area contributed by atoms with E-state index in [0.717, 1.165) is 18.2 Å². The van der Waals surface area contributed by atoms with Crippen LogP contribution in [0.1, 0.15) is 5.56 Å². The molecule has 0 aliphatic heterocycles. The molecule has 1 N–H and O–H groups in total. The SMILES string of the molecule is O[CH]c1cccc(OC(F)(F)F)c1F. The van der Waals surface area contributed by atoms with Gasteiger partial charge < -0.3 is 9.84 Å². The van der Waals surface area contributed by atoms with Gasteiger partial charge in [-0.1, -0.05) is 12.1 Å². The van der Waals surface area contributed by atoms with Gasteiger partial charge >= 0.3 is 6.36 Å². The van der Waals surface area contributed by atoms with Crippen molar-refractivity contribution in [2.45, 2.75) is 6.36 Å². The molecule has 0 bridgehead atoms. The largest absolute Gasteiger partial charge is 0.573 e. The van der Waals surface area contributed by atoms with Gasteiger partial charge in [0, 0.05) is 5.56 Å². The Bertz CT molecular complexity index is 322. The van der Waals surface area contributed by atoms with Gasteiger partial charge in [-0.15, -0.1) is 13.2 Å². The third-order valence-electron chi connectivity index (χ3n) is 1.36. The van der Waals surface area contributed by atoms with Gasteiger partial charge in [-0.25, -0.2) is 4.39 Å². The molecule has 14 heavy (non-hydrogen) atoms. The summed E-state index contributed by atoms with van der Waals surface area (Å²) < 4.78 is 51.4. The molecule has 0 aliphatic carbocycles. The molecule has 0 saturated carbocycles. The Hall–Kier alpha value is -1.30. The number of benzene rings is 1. The number of rotatable bonds is 2. The fourth-order valence-corrected chi connectivity index (χ4v) is 0.831. The van der Waals surface area contributed by atoms with Gasteiger partial charge in [0.2, 0.25) is 0 Å². The van der Waals surface area contributed by atoms with Crippen LogP contribution in [0.15, 0.2) is 18.2 Å². The lowest BCUT2D eigenvalue weighted by molar-refractivity contribution is -0.275.